The lowest BCUT2D eigenvalue weighted by Crippen LogP contribution is -2.28. The number of hydrogen-bond acceptors (Lipinski definition) is 7. The van der Waals surface area contributed by atoms with Gasteiger partial charge in [-0.2, -0.15) is 18.3 Å². The molecule has 2 aromatic carbocycles. The molecule has 0 fully saturated rings. The van der Waals surface area contributed by atoms with E-state index in [4.69, 9.17) is 9.26 Å². The van der Waals surface area contributed by atoms with Gasteiger partial charge in [-0.3, -0.25) is 9.82 Å². The first-order valence-corrected chi connectivity index (χ1v) is 12.4. The Hall–Kier alpha value is -4.07. The molecule has 0 saturated heterocycles. The lowest BCUT2D eigenvalue weighted by molar-refractivity contribution is -0.106. The largest absolute Gasteiger partial charge is 0.484 e. The maximum absolute atomic E-state index is 13.3. The van der Waals surface area contributed by atoms with E-state index in [2.05, 4.69) is 20.7 Å². The molecule has 9 nitrogen and oxygen atoms in total. The smallest absolute Gasteiger partial charge is 0.404 e. The van der Waals surface area contributed by atoms with Crippen molar-refractivity contribution in [2.24, 2.45) is 0 Å². The molecule has 0 unspecified atom stereocenters. The number of aromatic nitrogens is 3. The monoisotopic (exact) mass is 539 g/mol. The molecule has 4 aromatic rings. The maximum Gasteiger partial charge on any atom is 0.404 e. The van der Waals surface area contributed by atoms with Gasteiger partial charge in [-0.15, -0.1) is 0 Å². The highest BCUT2D eigenvalue weighted by Crippen LogP contribution is 2.35. The second-order valence-electron chi connectivity index (χ2n) is 8.11. The molecular weight excluding hydrogens is 518 g/mol. The fourth-order valence-electron chi connectivity index (χ4n) is 3.37. The third-order valence-electron chi connectivity index (χ3n) is 5.02. The summed E-state index contributed by atoms with van der Waals surface area (Å²) in [5, 5.41) is 13.7. The molecule has 4 rings (SSSR count). The first kappa shape index (κ1) is 26.0. The molecule has 14 heteroatoms. The van der Waals surface area contributed by atoms with Crippen molar-refractivity contribution in [2.75, 3.05) is 15.8 Å². The van der Waals surface area contributed by atoms with Crippen molar-refractivity contribution in [2.45, 2.75) is 26.1 Å². The number of aryl methyl sites for hydroxylation is 1. The Morgan fingerprint density at radius 2 is 1.81 bits per heavy atom. The second-order valence-corrected chi connectivity index (χ2v) is 9.84. The average Bonchev–Trinajstić information content (AvgIpc) is 3.42. The minimum atomic E-state index is -4.93. The topological polar surface area (TPSA) is 122 Å². The first-order chi connectivity index (χ1) is 17.4. The van der Waals surface area contributed by atoms with Crippen molar-refractivity contribution in [3.05, 3.63) is 71.7 Å². The predicted octanol–water partition coefficient (Wildman–Crippen LogP) is 5.70. The van der Waals surface area contributed by atoms with Crippen LogP contribution in [0.1, 0.15) is 24.4 Å². The van der Waals surface area contributed by atoms with Crippen molar-refractivity contribution < 1.29 is 35.2 Å². The summed E-state index contributed by atoms with van der Waals surface area (Å²) in [6, 6.07) is 12.9. The quantitative estimate of drug-likeness (QED) is 0.233. The minimum Gasteiger partial charge on any atom is -0.484 e. The highest BCUT2D eigenvalue weighted by molar-refractivity contribution is 7.92. The van der Waals surface area contributed by atoms with Gasteiger partial charge in [0.15, 0.2) is 17.4 Å². The molecule has 0 spiro atoms. The lowest BCUT2D eigenvalue weighted by Gasteiger charge is -2.20. The molecule has 0 aliphatic heterocycles. The van der Waals surface area contributed by atoms with Crippen LogP contribution < -0.4 is 14.8 Å². The number of benzene rings is 2. The number of anilines is 3. The van der Waals surface area contributed by atoms with Crippen LogP contribution in [0, 0.1) is 12.7 Å². The second kappa shape index (κ2) is 10.1. The number of alkyl halides is 3. The number of nitrogens with zero attached hydrogens (tertiary/aromatic N) is 2. The summed E-state index contributed by atoms with van der Waals surface area (Å²) in [5.41, 5.74) is 1.35. The third-order valence-corrected chi connectivity index (χ3v) is 6.26. The van der Waals surface area contributed by atoms with Gasteiger partial charge in [0.05, 0.1) is 11.4 Å². The summed E-state index contributed by atoms with van der Waals surface area (Å²) in [5.74, 6) is -1.13. The van der Waals surface area contributed by atoms with Crippen LogP contribution in [-0.4, -0.2) is 35.7 Å². The van der Waals surface area contributed by atoms with Crippen LogP contribution in [0.5, 0.6) is 5.75 Å². The molecule has 0 saturated carbocycles. The molecule has 0 radical (unpaired) electrons. The average molecular weight is 540 g/mol. The molecule has 0 amide bonds. The zero-order valence-electron chi connectivity index (χ0n) is 19.4. The van der Waals surface area contributed by atoms with E-state index >= 15 is 0 Å². The Labute approximate surface area is 208 Å². The minimum absolute atomic E-state index is 0.0451. The number of sulfonamides is 1. The van der Waals surface area contributed by atoms with Crippen LogP contribution in [0.3, 0.4) is 0 Å². The summed E-state index contributed by atoms with van der Waals surface area (Å²) in [6.45, 7) is 3.36. The Morgan fingerprint density at radius 1 is 1.08 bits per heavy atom. The van der Waals surface area contributed by atoms with Gasteiger partial charge in [0, 0.05) is 17.7 Å². The van der Waals surface area contributed by atoms with Crippen LogP contribution in [0.2, 0.25) is 0 Å². The predicted molar refractivity (Wildman–Crippen MR) is 127 cm³/mol. The fraction of sp³-hybridized carbons (Fsp3) is 0.217. The normalized spacial score (nSPS) is 12.8. The van der Waals surface area contributed by atoms with E-state index in [1.165, 1.54) is 42.5 Å². The number of ether oxygens (including phenoxy) is 1. The Bertz CT molecular complexity index is 1480. The van der Waals surface area contributed by atoms with E-state index in [1.807, 2.05) is 4.72 Å². The number of rotatable bonds is 9. The lowest BCUT2D eigenvalue weighted by atomic mass is 10.1. The van der Waals surface area contributed by atoms with E-state index in [0.717, 1.165) is 0 Å². The SMILES string of the molecule is Cc1cc(Nc2cc(-c3ccc(NS(=O)(=O)CC(F)(F)F)c(O[C@@H](C)c4ccc(F)cc4)c3)[nH]n2)no1. The molecule has 2 aromatic heterocycles. The van der Waals surface area contributed by atoms with Gasteiger partial charge in [0.1, 0.15) is 23.4 Å². The first-order valence-electron chi connectivity index (χ1n) is 10.8. The number of aromatic amines is 1. The van der Waals surface area contributed by atoms with Gasteiger partial charge in [-0.25, -0.2) is 12.8 Å². The summed E-state index contributed by atoms with van der Waals surface area (Å²) in [4.78, 5) is 0. The van der Waals surface area contributed by atoms with E-state index in [9.17, 15) is 26.0 Å². The summed E-state index contributed by atoms with van der Waals surface area (Å²) < 4.78 is 88.7. The number of hydrogen-bond donors (Lipinski definition) is 3. The standard InChI is InChI=1S/C23H21F4N5O4S/c1-13-9-22(31-36-13)28-21-11-19(29-30-21)16-5-8-18(32-37(33,34)12-23(25,26)27)20(10-16)35-14(2)15-3-6-17(24)7-4-15/h3-11,14,32H,12H2,1-2H3,(H2,28,29,30,31)/t14-/m0/s1. The summed E-state index contributed by atoms with van der Waals surface area (Å²) >= 11 is 0. The molecule has 0 bridgehead atoms. The van der Waals surface area contributed by atoms with Crippen LogP contribution in [0.4, 0.5) is 34.9 Å². The van der Waals surface area contributed by atoms with Crippen molar-refractivity contribution in [1.82, 2.24) is 15.4 Å². The molecule has 0 aliphatic rings. The maximum atomic E-state index is 13.3. The van der Waals surface area contributed by atoms with Crippen molar-refractivity contribution >= 4 is 27.3 Å². The van der Waals surface area contributed by atoms with Crippen molar-refractivity contribution in [1.29, 1.82) is 0 Å². The molecule has 1 atom stereocenters. The fourth-order valence-corrected chi connectivity index (χ4v) is 4.38. The van der Waals surface area contributed by atoms with E-state index in [0.29, 0.717) is 34.2 Å². The zero-order valence-corrected chi connectivity index (χ0v) is 20.2. The molecule has 37 heavy (non-hydrogen) atoms. The van der Waals surface area contributed by atoms with E-state index in [-0.39, 0.29) is 11.4 Å². The van der Waals surface area contributed by atoms with E-state index < -0.39 is 33.9 Å². The Morgan fingerprint density at radius 3 is 2.46 bits per heavy atom. The van der Waals surface area contributed by atoms with Crippen molar-refractivity contribution in [3.8, 4) is 17.0 Å². The van der Waals surface area contributed by atoms with Crippen LogP contribution in [0.25, 0.3) is 11.3 Å². The van der Waals surface area contributed by atoms with Crippen molar-refractivity contribution in [3.63, 3.8) is 0 Å². The molecule has 0 aliphatic carbocycles. The van der Waals surface area contributed by atoms with Crippen LogP contribution in [-0.2, 0) is 10.0 Å². The van der Waals surface area contributed by atoms with Gasteiger partial charge >= 0.3 is 6.18 Å². The van der Waals surface area contributed by atoms with Crippen LogP contribution >= 0.6 is 0 Å². The number of halogens is 4. The summed E-state index contributed by atoms with van der Waals surface area (Å²) in [7, 11) is -4.78. The number of H-pyrrole nitrogens is 1. The summed E-state index contributed by atoms with van der Waals surface area (Å²) in [6.07, 6.45) is -5.63. The Kier molecular flexibility index (Phi) is 7.12. The number of nitrogens with one attached hydrogen (secondary N) is 3. The molecular formula is C23H21F4N5O4S. The van der Waals surface area contributed by atoms with Gasteiger partial charge in [-0.05, 0) is 43.7 Å². The van der Waals surface area contributed by atoms with Crippen LogP contribution in [0.15, 0.2) is 59.1 Å². The highest BCUT2D eigenvalue weighted by atomic mass is 32.2. The van der Waals surface area contributed by atoms with Gasteiger partial charge in [0.25, 0.3) is 0 Å². The van der Waals surface area contributed by atoms with E-state index in [1.54, 1.807) is 26.0 Å². The van der Waals surface area contributed by atoms with Gasteiger partial charge < -0.3 is 14.6 Å². The zero-order chi connectivity index (χ0) is 26.8. The Balaban J connectivity index is 1.64. The highest BCUT2D eigenvalue weighted by Gasteiger charge is 2.35. The molecule has 2 heterocycles. The molecule has 196 valence electrons. The van der Waals surface area contributed by atoms with Gasteiger partial charge in [0.2, 0.25) is 10.0 Å². The molecule has 3 N–H and O–H groups in total. The van der Waals surface area contributed by atoms with Gasteiger partial charge in [-0.1, -0.05) is 23.4 Å². The third kappa shape index (κ3) is 7.00.